The molecule has 0 saturated heterocycles. The molecule has 142 valence electrons. The second-order valence-electron chi connectivity index (χ2n) is 5.95. The van der Waals surface area contributed by atoms with Crippen LogP contribution in [0.5, 0.6) is 6.08 Å². The number of aromatic nitrogens is 2. The molecule has 8 nitrogen and oxygen atoms in total. The van der Waals surface area contributed by atoms with Crippen LogP contribution in [0.25, 0.3) is 5.69 Å². The van der Waals surface area contributed by atoms with E-state index in [-0.39, 0.29) is 12.1 Å². The van der Waals surface area contributed by atoms with Crippen LogP contribution in [0.3, 0.4) is 0 Å². The van der Waals surface area contributed by atoms with Crippen LogP contribution >= 0.6 is 0 Å². The molecule has 0 saturated carbocycles. The van der Waals surface area contributed by atoms with E-state index in [4.69, 9.17) is 9.15 Å². The molecule has 0 atom stereocenters. The van der Waals surface area contributed by atoms with Crippen LogP contribution in [0.15, 0.2) is 33.5 Å². The van der Waals surface area contributed by atoms with Crippen molar-refractivity contribution in [1.82, 2.24) is 15.1 Å². The Balaban J connectivity index is 1.83. The summed E-state index contributed by atoms with van der Waals surface area (Å²) in [4.78, 5) is 23.7. The van der Waals surface area contributed by atoms with Crippen LogP contribution < -0.4 is 21.1 Å². The Hall–Kier alpha value is -2.77. The van der Waals surface area contributed by atoms with Crippen molar-refractivity contribution < 1.29 is 13.9 Å². The van der Waals surface area contributed by atoms with E-state index < -0.39 is 5.76 Å². The number of unbranched alkanes of at least 4 members (excludes halogenated alkanes) is 5. The lowest BCUT2D eigenvalue weighted by molar-refractivity contribution is 0.252. The number of hydrogen-bond donors (Lipinski definition) is 2. The second kappa shape index (κ2) is 10.3. The van der Waals surface area contributed by atoms with E-state index in [0.717, 1.165) is 17.5 Å². The number of anilines is 1. The van der Waals surface area contributed by atoms with Gasteiger partial charge in [-0.25, -0.2) is 9.59 Å². The van der Waals surface area contributed by atoms with E-state index >= 15 is 0 Å². The molecular weight excluding hydrogens is 336 g/mol. The number of nitrogens with one attached hydrogen (secondary N) is 2. The monoisotopic (exact) mass is 362 g/mol. The molecule has 0 unspecified atom stereocenters. The number of carbonyl (C=O) groups excluding carboxylic acids is 1. The Kier molecular flexibility index (Phi) is 7.73. The minimum atomic E-state index is -0.661. The van der Waals surface area contributed by atoms with Gasteiger partial charge in [-0.3, -0.25) is 0 Å². The Bertz CT molecular complexity index is 754. The van der Waals surface area contributed by atoms with Crippen LogP contribution in [0.4, 0.5) is 10.5 Å². The Labute approximate surface area is 152 Å². The van der Waals surface area contributed by atoms with Crippen molar-refractivity contribution in [2.24, 2.45) is 0 Å². The third-order valence-corrected chi connectivity index (χ3v) is 3.87. The molecule has 0 fully saturated rings. The normalized spacial score (nSPS) is 10.5. The number of hydrogen-bond acceptors (Lipinski definition) is 5. The van der Waals surface area contributed by atoms with Gasteiger partial charge in [0.1, 0.15) is 0 Å². The maximum atomic E-state index is 12.0. The molecule has 2 rings (SSSR count). The van der Waals surface area contributed by atoms with Crippen molar-refractivity contribution in [3.8, 4) is 11.8 Å². The Morgan fingerprint density at radius 2 is 2.00 bits per heavy atom. The largest absolute Gasteiger partial charge is 0.452 e. The first-order valence-electron chi connectivity index (χ1n) is 8.93. The summed E-state index contributed by atoms with van der Waals surface area (Å²) in [6.45, 7) is 2.83. The van der Waals surface area contributed by atoms with Crippen LogP contribution in [0.1, 0.15) is 45.4 Å². The van der Waals surface area contributed by atoms with Gasteiger partial charge in [-0.05, 0) is 24.6 Å². The van der Waals surface area contributed by atoms with Crippen molar-refractivity contribution in [2.45, 2.75) is 45.4 Å². The summed E-state index contributed by atoms with van der Waals surface area (Å²) in [7, 11) is 1.36. The first kappa shape index (κ1) is 19.6. The molecule has 1 aromatic heterocycles. The molecule has 0 aliphatic carbocycles. The van der Waals surface area contributed by atoms with E-state index in [1.165, 1.54) is 32.8 Å². The number of methoxy groups -OCH3 is 1. The third kappa shape index (κ3) is 5.94. The Morgan fingerprint density at radius 1 is 1.23 bits per heavy atom. The highest BCUT2D eigenvalue weighted by Gasteiger charge is 2.11. The number of amides is 2. The number of rotatable bonds is 10. The van der Waals surface area contributed by atoms with Gasteiger partial charge in [0.2, 0.25) is 0 Å². The molecular formula is C18H26N4O4. The van der Waals surface area contributed by atoms with E-state index in [9.17, 15) is 9.59 Å². The molecule has 2 amide bonds. The molecule has 0 aliphatic rings. The highest BCUT2D eigenvalue weighted by atomic mass is 16.6. The van der Waals surface area contributed by atoms with Gasteiger partial charge in [0, 0.05) is 12.2 Å². The summed E-state index contributed by atoms with van der Waals surface area (Å²) in [5.74, 6) is -0.661. The minimum Gasteiger partial charge on any atom is -0.452 e. The average Bonchev–Trinajstić information content (AvgIpc) is 3.02. The van der Waals surface area contributed by atoms with Gasteiger partial charge in [-0.1, -0.05) is 50.2 Å². The summed E-state index contributed by atoms with van der Waals surface area (Å²) < 4.78 is 10.7. The summed E-state index contributed by atoms with van der Waals surface area (Å²) >= 11 is 0. The zero-order valence-electron chi connectivity index (χ0n) is 15.3. The summed E-state index contributed by atoms with van der Waals surface area (Å²) in [6, 6.07) is 6.49. The van der Waals surface area contributed by atoms with Gasteiger partial charge in [0.05, 0.1) is 12.8 Å². The lowest BCUT2D eigenvalue weighted by atomic mass is 10.1. The van der Waals surface area contributed by atoms with Gasteiger partial charge in [-0.15, -0.1) is 0 Å². The van der Waals surface area contributed by atoms with Crippen molar-refractivity contribution in [3.63, 3.8) is 0 Å². The zero-order valence-corrected chi connectivity index (χ0v) is 15.3. The average molecular weight is 362 g/mol. The predicted molar refractivity (Wildman–Crippen MR) is 99.0 cm³/mol. The van der Waals surface area contributed by atoms with Crippen molar-refractivity contribution in [2.75, 3.05) is 19.0 Å². The zero-order chi connectivity index (χ0) is 18.8. The van der Waals surface area contributed by atoms with Gasteiger partial charge in [0.15, 0.2) is 0 Å². The molecule has 0 bridgehead atoms. The fourth-order valence-corrected chi connectivity index (χ4v) is 2.50. The SMILES string of the molecule is CCCCCCCCNC(=O)Nc1cccc(-n2nc(OC)oc2=O)c1. The summed E-state index contributed by atoms with van der Waals surface area (Å²) in [6.07, 6.45) is 6.91. The molecule has 0 radical (unpaired) electrons. The molecule has 2 aromatic rings. The van der Waals surface area contributed by atoms with E-state index in [2.05, 4.69) is 22.7 Å². The predicted octanol–water partition coefficient (Wildman–Crippen LogP) is 3.32. The van der Waals surface area contributed by atoms with E-state index in [1.807, 2.05) is 0 Å². The van der Waals surface area contributed by atoms with Crippen LogP contribution in [-0.4, -0.2) is 29.5 Å². The van der Waals surface area contributed by atoms with Gasteiger partial charge in [0.25, 0.3) is 0 Å². The highest BCUT2D eigenvalue weighted by Crippen LogP contribution is 2.14. The van der Waals surface area contributed by atoms with Crippen molar-refractivity contribution >= 4 is 11.7 Å². The quantitative estimate of drug-likeness (QED) is 0.632. The molecule has 0 aliphatic heterocycles. The fraction of sp³-hybridized carbons (Fsp3) is 0.500. The Morgan fingerprint density at radius 3 is 2.73 bits per heavy atom. The first-order chi connectivity index (χ1) is 12.6. The number of carbonyl (C=O) groups is 1. The van der Waals surface area contributed by atoms with Crippen LogP contribution in [0, 0.1) is 0 Å². The molecule has 0 spiro atoms. The minimum absolute atomic E-state index is 0.120. The number of nitrogens with zero attached hydrogens (tertiary/aromatic N) is 2. The lowest BCUT2D eigenvalue weighted by Crippen LogP contribution is -2.29. The topological polar surface area (TPSA) is 98.4 Å². The van der Waals surface area contributed by atoms with Gasteiger partial charge >= 0.3 is 17.9 Å². The summed E-state index contributed by atoms with van der Waals surface area (Å²) in [5.41, 5.74) is 1.02. The van der Waals surface area contributed by atoms with Crippen LogP contribution in [0.2, 0.25) is 0 Å². The van der Waals surface area contributed by atoms with E-state index in [1.54, 1.807) is 24.3 Å². The lowest BCUT2D eigenvalue weighted by Gasteiger charge is -2.08. The number of urea groups is 1. The number of ether oxygens (including phenoxy) is 1. The van der Waals surface area contributed by atoms with Crippen molar-refractivity contribution in [3.05, 3.63) is 34.8 Å². The summed E-state index contributed by atoms with van der Waals surface area (Å²) in [5, 5.41) is 9.48. The maximum Gasteiger partial charge on any atom is 0.444 e. The smallest absolute Gasteiger partial charge is 0.444 e. The van der Waals surface area contributed by atoms with Crippen LogP contribution in [-0.2, 0) is 0 Å². The van der Waals surface area contributed by atoms with Crippen molar-refractivity contribution in [1.29, 1.82) is 0 Å². The molecule has 2 N–H and O–H groups in total. The standard InChI is InChI=1S/C18H26N4O4/c1-3-4-5-6-7-8-12-19-16(23)20-14-10-9-11-15(13-14)22-18(24)26-17(21-22)25-2/h9-11,13H,3-8,12H2,1-2H3,(H2,19,20,23). The van der Waals surface area contributed by atoms with Gasteiger partial charge < -0.3 is 19.8 Å². The molecule has 1 heterocycles. The molecule has 26 heavy (non-hydrogen) atoms. The first-order valence-corrected chi connectivity index (χ1v) is 8.93. The molecule has 1 aromatic carbocycles. The molecule has 8 heteroatoms. The van der Waals surface area contributed by atoms with Gasteiger partial charge in [-0.2, -0.15) is 4.68 Å². The third-order valence-electron chi connectivity index (χ3n) is 3.87. The number of benzene rings is 1. The maximum absolute atomic E-state index is 12.0. The second-order valence-corrected chi connectivity index (χ2v) is 5.95. The van der Waals surface area contributed by atoms with E-state index in [0.29, 0.717) is 17.9 Å². The fourth-order valence-electron chi connectivity index (χ4n) is 2.50. The highest BCUT2D eigenvalue weighted by molar-refractivity contribution is 5.89.